The maximum Gasteiger partial charge on any atom is 0.335 e. The Labute approximate surface area is 287 Å². The monoisotopic (exact) mass is 686 g/mol. The fraction of sp³-hybridized carbons (Fsp3) is 0.500. The third-order valence-corrected chi connectivity index (χ3v) is 8.40. The molecule has 1 fully saturated rings. The summed E-state index contributed by atoms with van der Waals surface area (Å²) in [5, 5.41) is 16.2. The van der Waals surface area contributed by atoms with Crippen molar-refractivity contribution in [3.63, 3.8) is 0 Å². The van der Waals surface area contributed by atoms with Crippen LogP contribution < -0.4 is 15.4 Å². The summed E-state index contributed by atoms with van der Waals surface area (Å²) in [6, 6.07) is 13.8. The van der Waals surface area contributed by atoms with Crippen molar-refractivity contribution in [3.05, 3.63) is 76.8 Å². The quantitative estimate of drug-likeness (QED) is 0.118. The number of carbonyl (C=O) groups is 4. The van der Waals surface area contributed by atoms with Crippen molar-refractivity contribution in [2.24, 2.45) is 17.8 Å². The minimum absolute atomic E-state index is 0.0118. The maximum absolute atomic E-state index is 13.2. The highest BCUT2D eigenvalue weighted by molar-refractivity contribution is 6.32. The van der Waals surface area contributed by atoms with E-state index in [4.69, 9.17) is 30.5 Å². The number of methoxy groups -OCH3 is 2. The van der Waals surface area contributed by atoms with Crippen LogP contribution in [0, 0.1) is 17.8 Å². The molecule has 1 aliphatic rings. The molecule has 0 saturated carbocycles. The number of benzene rings is 2. The molecule has 48 heavy (non-hydrogen) atoms. The van der Waals surface area contributed by atoms with Crippen molar-refractivity contribution in [2.75, 3.05) is 20.8 Å². The van der Waals surface area contributed by atoms with Crippen LogP contribution in [0.25, 0.3) is 0 Å². The first kappa shape index (κ1) is 38.5. The van der Waals surface area contributed by atoms with E-state index < -0.39 is 47.9 Å². The summed E-state index contributed by atoms with van der Waals surface area (Å²) in [4.78, 5) is 51.0. The lowest BCUT2D eigenvalue weighted by Crippen LogP contribution is -2.49. The summed E-state index contributed by atoms with van der Waals surface area (Å²) in [5.41, 5.74) is 1.68. The fourth-order valence-electron chi connectivity index (χ4n) is 5.26. The standard InChI is InChI=1S/C36H47ClN2O9/c1-21(2)17-28(40)36(44)47-29(23(4)32-33(48-32)25-11-8-7-9-12-25)13-10-14-31(41)39-27(34(42)38-20-22(3)35(43)46-6)19-24-15-16-30(45-5)26(37)18-24/h7-12,14-16,18,21-23,27-29,32-33,40H,13,17,19-20H2,1-6H3,(H,38,42)(H,39,41)/b14-10+. The topological polar surface area (TPSA) is 153 Å². The third kappa shape index (κ3) is 11.6. The number of ether oxygens (including phenoxy) is 4. The maximum atomic E-state index is 13.2. The molecule has 3 rings (SSSR count). The van der Waals surface area contributed by atoms with Gasteiger partial charge in [-0.05, 0) is 41.7 Å². The summed E-state index contributed by atoms with van der Waals surface area (Å²) in [7, 11) is 2.76. The number of hydrogen-bond acceptors (Lipinski definition) is 9. The average molecular weight is 687 g/mol. The van der Waals surface area contributed by atoms with Gasteiger partial charge in [-0.3, -0.25) is 14.4 Å². The van der Waals surface area contributed by atoms with Gasteiger partial charge in [0.15, 0.2) is 6.10 Å². The molecule has 1 heterocycles. The first-order valence-electron chi connectivity index (χ1n) is 16.1. The van der Waals surface area contributed by atoms with Gasteiger partial charge in [-0.2, -0.15) is 0 Å². The van der Waals surface area contributed by atoms with Gasteiger partial charge in [-0.15, -0.1) is 0 Å². The lowest BCUT2D eigenvalue weighted by atomic mass is 9.93. The minimum Gasteiger partial charge on any atom is -0.495 e. The van der Waals surface area contributed by atoms with E-state index in [9.17, 15) is 24.3 Å². The van der Waals surface area contributed by atoms with Crippen molar-refractivity contribution >= 4 is 35.4 Å². The molecule has 7 unspecified atom stereocenters. The molecule has 12 heteroatoms. The van der Waals surface area contributed by atoms with Gasteiger partial charge in [0.05, 0.1) is 31.3 Å². The van der Waals surface area contributed by atoms with Gasteiger partial charge in [0.1, 0.15) is 24.0 Å². The Balaban J connectivity index is 1.72. The summed E-state index contributed by atoms with van der Waals surface area (Å²) >= 11 is 6.29. The Hall–Kier alpha value is -3.93. The van der Waals surface area contributed by atoms with Gasteiger partial charge in [0.2, 0.25) is 11.8 Å². The molecule has 0 radical (unpaired) electrons. The number of esters is 2. The molecule has 1 aliphatic heterocycles. The van der Waals surface area contributed by atoms with Crippen LogP contribution in [0.15, 0.2) is 60.7 Å². The number of hydrogen-bond donors (Lipinski definition) is 3. The highest BCUT2D eigenvalue weighted by Crippen LogP contribution is 2.45. The SMILES string of the molecule is COC(=O)C(C)CNC(=O)C(Cc1ccc(OC)c(Cl)c1)NC(=O)/C=C/CC(OC(=O)C(O)CC(C)C)C(C)C1OC1c1ccccc1. The van der Waals surface area contributed by atoms with E-state index in [0.29, 0.717) is 16.3 Å². The van der Waals surface area contributed by atoms with E-state index in [-0.39, 0.29) is 49.9 Å². The number of aliphatic hydroxyl groups is 1. The number of carbonyl (C=O) groups excluding carboxylic acids is 4. The van der Waals surface area contributed by atoms with Crippen LogP contribution in [0.4, 0.5) is 0 Å². The third-order valence-electron chi connectivity index (χ3n) is 8.11. The molecule has 262 valence electrons. The lowest BCUT2D eigenvalue weighted by molar-refractivity contribution is -0.162. The zero-order chi connectivity index (χ0) is 35.4. The second kappa shape index (κ2) is 18.6. The van der Waals surface area contributed by atoms with E-state index in [0.717, 1.165) is 5.56 Å². The number of rotatable bonds is 18. The Morgan fingerprint density at radius 3 is 2.35 bits per heavy atom. The van der Waals surface area contributed by atoms with Gasteiger partial charge in [0.25, 0.3) is 0 Å². The number of halogens is 1. The Kier molecular flexibility index (Phi) is 14.9. The van der Waals surface area contributed by atoms with Gasteiger partial charge in [0, 0.05) is 25.3 Å². The number of nitrogens with one attached hydrogen (secondary N) is 2. The predicted octanol–water partition coefficient (Wildman–Crippen LogP) is 4.34. The van der Waals surface area contributed by atoms with Crippen molar-refractivity contribution in [1.29, 1.82) is 0 Å². The van der Waals surface area contributed by atoms with Gasteiger partial charge in [-0.25, -0.2) is 4.79 Å². The van der Waals surface area contributed by atoms with E-state index in [1.54, 1.807) is 31.2 Å². The zero-order valence-electron chi connectivity index (χ0n) is 28.3. The van der Waals surface area contributed by atoms with Crippen LogP contribution in [0.2, 0.25) is 5.02 Å². The molecular formula is C36H47ClN2O9. The summed E-state index contributed by atoms with van der Waals surface area (Å²) in [6.07, 6.45) is 1.04. The van der Waals surface area contributed by atoms with Crippen molar-refractivity contribution in [3.8, 4) is 5.75 Å². The number of aliphatic hydroxyl groups excluding tert-OH is 1. The first-order chi connectivity index (χ1) is 22.8. The second-order valence-electron chi connectivity index (χ2n) is 12.5. The van der Waals surface area contributed by atoms with E-state index in [1.165, 1.54) is 20.3 Å². The normalized spacial score (nSPS) is 18.7. The minimum atomic E-state index is -1.27. The van der Waals surface area contributed by atoms with E-state index in [2.05, 4.69) is 10.6 Å². The largest absolute Gasteiger partial charge is 0.495 e. The highest BCUT2D eigenvalue weighted by atomic mass is 35.5. The fourth-order valence-corrected chi connectivity index (χ4v) is 5.54. The van der Waals surface area contributed by atoms with Crippen LogP contribution in [-0.4, -0.2) is 74.0 Å². The molecule has 3 N–H and O–H groups in total. The molecule has 2 aromatic rings. The highest BCUT2D eigenvalue weighted by Gasteiger charge is 2.47. The zero-order valence-corrected chi connectivity index (χ0v) is 29.1. The van der Waals surface area contributed by atoms with Crippen molar-refractivity contribution in [2.45, 2.75) is 77.4 Å². The molecule has 0 aromatic heterocycles. The molecule has 0 bridgehead atoms. The summed E-state index contributed by atoms with van der Waals surface area (Å²) in [6.45, 7) is 7.34. The average Bonchev–Trinajstić information content (AvgIpc) is 3.87. The molecule has 2 amide bonds. The number of amides is 2. The molecule has 2 aromatic carbocycles. The molecule has 0 spiro atoms. The molecular weight excluding hydrogens is 640 g/mol. The van der Waals surface area contributed by atoms with Crippen LogP contribution in [0.3, 0.4) is 0 Å². The summed E-state index contributed by atoms with van der Waals surface area (Å²) < 4.78 is 21.7. The van der Waals surface area contributed by atoms with Gasteiger partial charge < -0.3 is 34.7 Å². The van der Waals surface area contributed by atoms with Gasteiger partial charge in [-0.1, -0.05) is 81.8 Å². The Bertz CT molecular complexity index is 1420. The molecule has 0 aliphatic carbocycles. The first-order valence-corrected chi connectivity index (χ1v) is 16.5. The smallest absolute Gasteiger partial charge is 0.335 e. The van der Waals surface area contributed by atoms with Crippen LogP contribution >= 0.6 is 11.6 Å². The number of epoxide rings is 1. The van der Waals surface area contributed by atoms with E-state index in [1.807, 2.05) is 51.1 Å². The second-order valence-corrected chi connectivity index (χ2v) is 12.9. The Morgan fingerprint density at radius 1 is 1.02 bits per heavy atom. The molecule has 7 atom stereocenters. The predicted molar refractivity (Wildman–Crippen MR) is 180 cm³/mol. The van der Waals surface area contributed by atoms with Gasteiger partial charge >= 0.3 is 11.9 Å². The van der Waals surface area contributed by atoms with Crippen LogP contribution in [-0.2, 0) is 39.8 Å². The van der Waals surface area contributed by atoms with Crippen LogP contribution in [0.5, 0.6) is 5.75 Å². The van der Waals surface area contributed by atoms with Crippen molar-refractivity contribution in [1.82, 2.24) is 10.6 Å². The lowest BCUT2D eigenvalue weighted by Gasteiger charge is -2.24. The van der Waals surface area contributed by atoms with Crippen molar-refractivity contribution < 1.29 is 43.2 Å². The molecule has 1 saturated heterocycles. The molecule has 11 nitrogen and oxygen atoms in total. The van der Waals surface area contributed by atoms with Crippen LogP contribution in [0.1, 0.15) is 57.8 Å². The summed E-state index contributed by atoms with van der Waals surface area (Å²) in [5.74, 6) is -2.57. The Morgan fingerprint density at radius 2 is 1.73 bits per heavy atom. The van der Waals surface area contributed by atoms with E-state index >= 15 is 0 Å².